The van der Waals surface area contributed by atoms with Crippen molar-refractivity contribution in [2.45, 2.75) is 12.5 Å². The lowest BCUT2D eigenvalue weighted by Gasteiger charge is -2.12. The number of carbonyl (C=O) groups is 1. The van der Waals surface area contributed by atoms with Gasteiger partial charge in [-0.25, -0.2) is 0 Å². The largest absolute Gasteiger partial charge is 0.480 e. The standard InChI is InChI=1S/C13H17N3O2/c1-16(2)9-3-4-10-8(5-11(14)13(17)18)7-15-12(10)6-9/h3-4,6-7,11,15H,5,14H2,1-2H3,(H,17,18)/t11-/m0/s1. The van der Waals surface area contributed by atoms with Gasteiger partial charge < -0.3 is 20.7 Å². The zero-order valence-electron chi connectivity index (χ0n) is 10.5. The number of hydrogen-bond acceptors (Lipinski definition) is 3. The van der Waals surface area contributed by atoms with Crippen molar-refractivity contribution < 1.29 is 9.90 Å². The van der Waals surface area contributed by atoms with Gasteiger partial charge in [-0.2, -0.15) is 0 Å². The van der Waals surface area contributed by atoms with Crippen LogP contribution >= 0.6 is 0 Å². The summed E-state index contributed by atoms with van der Waals surface area (Å²) in [5.41, 5.74) is 8.58. The van der Waals surface area contributed by atoms with E-state index in [1.807, 2.05) is 43.4 Å². The minimum atomic E-state index is -0.978. The van der Waals surface area contributed by atoms with E-state index in [2.05, 4.69) is 4.98 Å². The quantitative estimate of drug-likeness (QED) is 0.758. The summed E-state index contributed by atoms with van der Waals surface area (Å²) < 4.78 is 0. The van der Waals surface area contributed by atoms with E-state index in [9.17, 15) is 4.79 Å². The van der Waals surface area contributed by atoms with Gasteiger partial charge in [-0.05, 0) is 17.7 Å². The second-order valence-corrected chi connectivity index (χ2v) is 4.59. The Bertz CT molecular complexity index is 575. The number of nitrogens with zero attached hydrogens (tertiary/aromatic N) is 1. The lowest BCUT2D eigenvalue weighted by Crippen LogP contribution is -2.32. The Morgan fingerprint density at radius 3 is 2.83 bits per heavy atom. The molecule has 96 valence electrons. The summed E-state index contributed by atoms with van der Waals surface area (Å²) in [6.45, 7) is 0. The monoisotopic (exact) mass is 247 g/mol. The van der Waals surface area contributed by atoms with Gasteiger partial charge in [0.15, 0.2) is 0 Å². The molecular weight excluding hydrogens is 230 g/mol. The molecule has 1 heterocycles. The van der Waals surface area contributed by atoms with Crippen molar-refractivity contribution in [2.24, 2.45) is 5.73 Å². The van der Waals surface area contributed by atoms with E-state index >= 15 is 0 Å². The van der Waals surface area contributed by atoms with Gasteiger partial charge in [0, 0.05) is 43.3 Å². The molecule has 2 aromatic rings. The van der Waals surface area contributed by atoms with Crippen LogP contribution in [-0.4, -0.2) is 36.2 Å². The number of H-pyrrole nitrogens is 1. The predicted molar refractivity (Wildman–Crippen MR) is 71.9 cm³/mol. The molecule has 4 N–H and O–H groups in total. The molecule has 18 heavy (non-hydrogen) atoms. The first kappa shape index (κ1) is 12.4. The molecular formula is C13H17N3O2. The maximum atomic E-state index is 10.8. The van der Waals surface area contributed by atoms with E-state index in [0.29, 0.717) is 6.42 Å². The first-order chi connectivity index (χ1) is 8.49. The summed E-state index contributed by atoms with van der Waals surface area (Å²) >= 11 is 0. The number of anilines is 1. The number of rotatable bonds is 4. The van der Waals surface area contributed by atoms with E-state index in [-0.39, 0.29) is 0 Å². The van der Waals surface area contributed by atoms with Crippen molar-refractivity contribution in [1.29, 1.82) is 0 Å². The Morgan fingerprint density at radius 1 is 1.50 bits per heavy atom. The molecule has 0 spiro atoms. The van der Waals surface area contributed by atoms with Gasteiger partial charge in [0.1, 0.15) is 6.04 Å². The Hall–Kier alpha value is -2.01. The highest BCUT2D eigenvalue weighted by molar-refractivity contribution is 5.87. The van der Waals surface area contributed by atoms with Gasteiger partial charge in [-0.1, -0.05) is 6.07 Å². The van der Waals surface area contributed by atoms with Crippen LogP contribution in [0.15, 0.2) is 24.4 Å². The third kappa shape index (κ3) is 2.31. The highest BCUT2D eigenvalue weighted by Crippen LogP contribution is 2.24. The van der Waals surface area contributed by atoms with Crippen LogP contribution in [0.4, 0.5) is 5.69 Å². The highest BCUT2D eigenvalue weighted by atomic mass is 16.4. The van der Waals surface area contributed by atoms with Crippen LogP contribution in [0.25, 0.3) is 10.9 Å². The Labute approximate surface area is 105 Å². The van der Waals surface area contributed by atoms with E-state index in [1.165, 1.54) is 0 Å². The molecule has 2 rings (SSSR count). The lowest BCUT2D eigenvalue weighted by molar-refractivity contribution is -0.138. The first-order valence-electron chi connectivity index (χ1n) is 5.74. The Kier molecular flexibility index (Phi) is 3.25. The molecule has 5 heteroatoms. The van der Waals surface area contributed by atoms with E-state index in [4.69, 9.17) is 10.8 Å². The van der Waals surface area contributed by atoms with Crippen LogP contribution in [0.5, 0.6) is 0 Å². The number of carboxylic acid groups (broad SMARTS) is 1. The number of aliphatic carboxylic acids is 1. The fourth-order valence-electron chi connectivity index (χ4n) is 1.95. The molecule has 0 aliphatic heterocycles. The van der Waals surface area contributed by atoms with Crippen LogP contribution in [0.2, 0.25) is 0 Å². The Balaban J connectivity index is 2.34. The van der Waals surface area contributed by atoms with Gasteiger partial charge in [0.05, 0.1) is 0 Å². The van der Waals surface area contributed by atoms with Crippen LogP contribution < -0.4 is 10.6 Å². The zero-order valence-corrected chi connectivity index (χ0v) is 10.5. The maximum absolute atomic E-state index is 10.8. The second kappa shape index (κ2) is 4.70. The number of nitrogens with two attached hydrogens (primary N) is 1. The average molecular weight is 247 g/mol. The molecule has 1 aromatic carbocycles. The minimum Gasteiger partial charge on any atom is -0.480 e. The summed E-state index contributed by atoms with van der Waals surface area (Å²) in [6.07, 6.45) is 2.16. The summed E-state index contributed by atoms with van der Waals surface area (Å²) in [6, 6.07) is 5.17. The highest BCUT2D eigenvalue weighted by Gasteiger charge is 2.14. The molecule has 1 aromatic heterocycles. The van der Waals surface area contributed by atoms with Crippen LogP contribution in [0, 0.1) is 0 Å². The Morgan fingerprint density at radius 2 is 2.22 bits per heavy atom. The third-order valence-electron chi connectivity index (χ3n) is 3.02. The number of aromatic amines is 1. The number of fused-ring (bicyclic) bond motifs is 1. The van der Waals surface area contributed by atoms with Crippen molar-refractivity contribution in [1.82, 2.24) is 4.98 Å². The predicted octanol–water partition coefficient (Wildman–Crippen LogP) is 1.19. The molecule has 0 saturated heterocycles. The van der Waals surface area contributed by atoms with E-state index in [0.717, 1.165) is 22.2 Å². The van der Waals surface area contributed by atoms with Gasteiger partial charge in [0.2, 0.25) is 0 Å². The first-order valence-corrected chi connectivity index (χ1v) is 5.74. The van der Waals surface area contributed by atoms with Crippen molar-refractivity contribution in [3.05, 3.63) is 30.0 Å². The second-order valence-electron chi connectivity index (χ2n) is 4.59. The molecule has 0 bridgehead atoms. The molecule has 0 amide bonds. The summed E-state index contributed by atoms with van der Waals surface area (Å²) in [5, 5.41) is 9.85. The smallest absolute Gasteiger partial charge is 0.320 e. The molecule has 0 aliphatic rings. The van der Waals surface area contributed by atoms with Crippen molar-refractivity contribution in [2.75, 3.05) is 19.0 Å². The topological polar surface area (TPSA) is 82.3 Å². The van der Waals surface area contributed by atoms with Crippen LogP contribution in [-0.2, 0) is 11.2 Å². The summed E-state index contributed by atoms with van der Waals surface area (Å²) in [4.78, 5) is 15.9. The normalized spacial score (nSPS) is 12.6. The van der Waals surface area contributed by atoms with Crippen molar-refractivity contribution >= 4 is 22.6 Å². The van der Waals surface area contributed by atoms with Crippen LogP contribution in [0.3, 0.4) is 0 Å². The van der Waals surface area contributed by atoms with Gasteiger partial charge in [-0.15, -0.1) is 0 Å². The van der Waals surface area contributed by atoms with E-state index in [1.54, 1.807) is 0 Å². The fraction of sp³-hybridized carbons (Fsp3) is 0.308. The fourth-order valence-corrected chi connectivity index (χ4v) is 1.95. The zero-order chi connectivity index (χ0) is 13.3. The molecule has 1 atom stereocenters. The number of hydrogen-bond donors (Lipinski definition) is 3. The van der Waals surface area contributed by atoms with Crippen molar-refractivity contribution in [3.63, 3.8) is 0 Å². The van der Waals surface area contributed by atoms with E-state index < -0.39 is 12.0 Å². The molecule has 0 radical (unpaired) electrons. The number of carboxylic acids is 1. The third-order valence-corrected chi connectivity index (χ3v) is 3.02. The van der Waals surface area contributed by atoms with Crippen molar-refractivity contribution in [3.8, 4) is 0 Å². The van der Waals surface area contributed by atoms with Crippen LogP contribution in [0.1, 0.15) is 5.56 Å². The lowest BCUT2D eigenvalue weighted by atomic mass is 10.1. The summed E-state index contributed by atoms with van der Waals surface area (Å²) in [7, 11) is 3.96. The number of nitrogens with one attached hydrogen (secondary N) is 1. The average Bonchev–Trinajstić information content (AvgIpc) is 2.71. The molecule has 0 aliphatic carbocycles. The number of aromatic nitrogens is 1. The van der Waals surface area contributed by atoms with Gasteiger partial charge >= 0.3 is 5.97 Å². The molecule has 5 nitrogen and oxygen atoms in total. The molecule has 0 saturated carbocycles. The number of benzene rings is 1. The SMILES string of the molecule is CN(C)c1ccc2c(C[C@H](N)C(=O)O)c[nH]c2c1. The molecule has 0 fully saturated rings. The minimum absolute atomic E-state index is 0.330. The van der Waals surface area contributed by atoms with Gasteiger partial charge in [0.25, 0.3) is 0 Å². The maximum Gasteiger partial charge on any atom is 0.320 e. The molecule has 0 unspecified atom stereocenters. The van der Waals surface area contributed by atoms with Gasteiger partial charge in [-0.3, -0.25) is 4.79 Å². The summed E-state index contributed by atoms with van der Waals surface area (Å²) in [5.74, 6) is -0.978.